The van der Waals surface area contributed by atoms with Crippen LogP contribution in [0.3, 0.4) is 0 Å². The first-order valence-electron chi connectivity index (χ1n) is 8.24. The van der Waals surface area contributed by atoms with Crippen LogP contribution in [0.2, 0.25) is 0 Å². The fraction of sp³-hybridized carbons (Fsp3) is 0.333. The Kier molecular flexibility index (Phi) is 5.65. The van der Waals surface area contributed by atoms with Gasteiger partial charge in [-0.15, -0.1) is 0 Å². The SMILES string of the molecule is O=C1C(=C/C=C/c2ccc([N+](=O)[O-])cc2)SC(=S)N1C1CCCCC1. The number of nitro groups is 1. The summed E-state index contributed by atoms with van der Waals surface area (Å²) in [6.07, 6.45) is 11.0. The maximum Gasteiger partial charge on any atom is 0.269 e. The topological polar surface area (TPSA) is 63.4 Å². The molecule has 5 nitrogen and oxygen atoms in total. The molecule has 1 aliphatic heterocycles. The molecule has 1 aliphatic carbocycles. The molecule has 0 N–H and O–H groups in total. The van der Waals surface area contributed by atoms with Crippen LogP contribution >= 0.6 is 24.0 Å². The van der Waals surface area contributed by atoms with E-state index < -0.39 is 4.92 Å². The van der Waals surface area contributed by atoms with E-state index in [1.54, 1.807) is 29.2 Å². The lowest BCUT2D eigenvalue weighted by molar-refractivity contribution is -0.384. The Morgan fingerprint density at radius 3 is 2.52 bits per heavy atom. The normalized spacial score (nSPS) is 20.8. The number of non-ortho nitro benzene ring substituents is 1. The molecule has 1 amide bonds. The zero-order valence-electron chi connectivity index (χ0n) is 13.6. The highest BCUT2D eigenvalue weighted by Gasteiger charge is 2.37. The van der Waals surface area contributed by atoms with Gasteiger partial charge in [-0.1, -0.05) is 55.4 Å². The Balaban J connectivity index is 1.68. The minimum absolute atomic E-state index is 0.00440. The average molecular weight is 374 g/mol. The molecule has 0 radical (unpaired) electrons. The van der Waals surface area contributed by atoms with Gasteiger partial charge in [0.15, 0.2) is 0 Å². The van der Waals surface area contributed by atoms with Crippen molar-refractivity contribution < 1.29 is 9.72 Å². The number of nitro benzene ring substituents is 1. The van der Waals surface area contributed by atoms with Crippen molar-refractivity contribution in [2.45, 2.75) is 38.1 Å². The van der Waals surface area contributed by atoms with Gasteiger partial charge in [-0.2, -0.15) is 0 Å². The Morgan fingerprint density at radius 1 is 1.20 bits per heavy atom. The van der Waals surface area contributed by atoms with Crippen molar-refractivity contribution in [2.75, 3.05) is 0 Å². The van der Waals surface area contributed by atoms with Crippen molar-refractivity contribution in [2.24, 2.45) is 0 Å². The first-order valence-corrected chi connectivity index (χ1v) is 9.47. The highest BCUT2D eigenvalue weighted by atomic mass is 32.2. The summed E-state index contributed by atoms with van der Waals surface area (Å²) in [4.78, 5) is 25.3. The minimum atomic E-state index is -0.426. The number of hydrogen-bond acceptors (Lipinski definition) is 5. The maximum absolute atomic E-state index is 12.6. The van der Waals surface area contributed by atoms with Crippen LogP contribution in [-0.2, 0) is 4.79 Å². The number of carbonyl (C=O) groups is 1. The zero-order valence-corrected chi connectivity index (χ0v) is 15.2. The molecule has 2 aliphatic rings. The van der Waals surface area contributed by atoms with Gasteiger partial charge in [0.2, 0.25) is 0 Å². The molecular weight excluding hydrogens is 356 g/mol. The van der Waals surface area contributed by atoms with E-state index in [-0.39, 0.29) is 17.6 Å². The van der Waals surface area contributed by atoms with Gasteiger partial charge in [0.1, 0.15) is 4.32 Å². The van der Waals surface area contributed by atoms with Crippen LogP contribution in [0.25, 0.3) is 6.08 Å². The number of carbonyl (C=O) groups excluding carboxylic acids is 1. The molecule has 25 heavy (non-hydrogen) atoms. The van der Waals surface area contributed by atoms with E-state index in [1.807, 2.05) is 6.08 Å². The van der Waals surface area contributed by atoms with E-state index in [9.17, 15) is 14.9 Å². The molecule has 1 saturated carbocycles. The van der Waals surface area contributed by atoms with Crippen molar-refractivity contribution in [3.8, 4) is 0 Å². The highest BCUT2D eigenvalue weighted by molar-refractivity contribution is 8.26. The summed E-state index contributed by atoms with van der Waals surface area (Å²) in [6, 6.07) is 6.52. The fourth-order valence-corrected chi connectivity index (χ4v) is 4.45. The molecule has 2 fully saturated rings. The summed E-state index contributed by atoms with van der Waals surface area (Å²) in [7, 11) is 0. The van der Waals surface area contributed by atoms with Crippen LogP contribution in [-0.4, -0.2) is 26.1 Å². The summed E-state index contributed by atoms with van der Waals surface area (Å²) in [5, 5.41) is 10.6. The molecule has 1 aromatic rings. The number of amides is 1. The van der Waals surface area contributed by atoms with Crippen molar-refractivity contribution >= 4 is 46.0 Å². The predicted molar refractivity (Wildman–Crippen MR) is 104 cm³/mol. The van der Waals surface area contributed by atoms with E-state index in [4.69, 9.17) is 12.2 Å². The molecule has 0 atom stereocenters. The third-order valence-electron chi connectivity index (χ3n) is 4.40. The van der Waals surface area contributed by atoms with Crippen LogP contribution in [0.4, 0.5) is 5.69 Å². The molecule has 1 saturated heterocycles. The Morgan fingerprint density at radius 2 is 1.88 bits per heavy atom. The molecule has 1 heterocycles. The van der Waals surface area contributed by atoms with Crippen LogP contribution in [0.15, 0.2) is 41.3 Å². The third-order valence-corrected chi connectivity index (χ3v) is 5.75. The Bertz CT molecular complexity index is 750. The van der Waals surface area contributed by atoms with Gasteiger partial charge in [0.25, 0.3) is 11.6 Å². The first-order chi connectivity index (χ1) is 12.1. The number of allylic oxidation sites excluding steroid dienone is 2. The molecule has 0 bridgehead atoms. The number of hydrogen-bond donors (Lipinski definition) is 0. The van der Waals surface area contributed by atoms with Crippen LogP contribution in [0.5, 0.6) is 0 Å². The Labute approximate surface area is 155 Å². The van der Waals surface area contributed by atoms with Gasteiger partial charge in [-0.05, 0) is 36.6 Å². The molecular formula is C18H18N2O3S2. The molecule has 0 spiro atoms. The predicted octanol–water partition coefficient (Wildman–Crippen LogP) is 4.68. The van der Waals surface area contributed by atoms with E-state index >= 15 is 0 Å². The number of benzene rings is 1. The minimum Gasteiger partial charge on any atom is -0.290 e. The number of nitrogens with zero attached hydrogens (tertiary/aromatic N) is 2. The summed E-state index contributed by atoms with van der Waals surface area (Å²) in [6.45, 7) is 0. The number of thioether (sulfide) groups is 1. The largest absolute Gasteiger partial charge is 0.290 e. The van der Waals surface area contributed by atoms with Crippen LogP contribution in [0, 0.1) is 10.1 Å². The second-order valence-electron chi connectivity index (χ2n) is 6.07. The molecule has 0 unspecified atom stereocenters. The smallest absolute Gasteiger partial charge is 0.269 e. The number of thiocarbonyl (C=S) groups is 1. The third kappa shape index (κ3) is 4.16. The van der Waals surface area contributed by atoms with Crippen molar-refractivity contribution in [3.05, 3.63) is 57.0 Å². The van der Waals surface area contributed by atoms with Crippen molar-refractivity contribution in [3.63, 3.8) is 0 Å². The van der Waals surface area contributed by atoms with Gasteiger partial charge in [0.05, 0.1) is 9.83 Å². The first kappa shape index (κ1) is 17.8. The lowest BCUT2D eigenvalue weighted by Gasteiger charge is -2.29. The standard InChI is InChI=1S/C18H18N2O3S2/c21-17-16(25-18(24)19(17)14-6-2-1-3-7-14)8-4-5-13-9-11-15(12-10-13)20(22)23/h4-5,8-12,14H,1-3,6-7H2/b5-4+,16-8?. The van der Waals surface area contributed by atoms with E-state index in [1.165, 1.54) is 30.3 Å². The van der Waals surface area contributed by atoms with Gasteiger partial charge < -0.3 is 0 Å². The second kappa shape index (κ2) is 7.93. The summed E-state index contributed by atoms with van der Waals surface area (Å²) < 4.78 is 0.645. The molecule has 130 valence electrons. The van der Waals surface area contributed by atoms with Crippen LogP contribution in [0.1, 0.15) is 37.7 Å². The van der Waals surface area contributed by atoms with Gasteiger partial charge in [0, 0.05) is 18.2 Å². The van der Waals surface area contributed by atoms with E-state index in [2.05, 4.69) is 0 Å². The monoisotopic (exact) mass is 374 g/mol. The van der Waals surface area contributed by atoms with Gasteiger partial charge in [-0.25, -0.2) is 0 Å². The average Bonchev–Trinajstić information content (AvgIpc) is 2.90. The van der Waals surface area contributed by atoms with Crippen molar-refractivity contribution in [1.82, 2.24) is 4.90 Å². The van der Waals surface area contributed by atoms with Gasteiger partial charge in [-0.3, -0.25) is 19.8 Å². The lowest BCUT2D eigenvalue weighted by Crippen LogP contribution is -2.39. The zero-order chi connectivity index (χ0) is 17.8. The van der Waals surface area contributed by atoms with Crippen molar-refractivity contribution in [1.29, 1.82) is 0 Å². The summed E-state index contributed by atoms with van der Waals surface area (Å²) >= 11 is 6.74. The molecule has 1 aromatic carbocycles. The summed E-state index contributed by atoms with van der Waals surface area (Å²) in [5.74, 6) is -0.00440. The Hall–Kier alpha value is -1.99. The number of rotatable bonds is 4. The molecule has 3 rings (SSSR count). The highest BCUT2D eigenvalue weighted by Crippen LogP contribution is 2.36. The lowest BCUT2D eigenvalue weighted by atomic mass is 9.94. The molecule has 0 aromatic heterocycles. The fourth-order valence-electron chi connectivity index (χ4n) is 3.10. The summed E-state index contributed by atoms with van der Waals surface area (Å²) in [5.41, 5.74) is 0.898. The van der Waals surface area contributed by atoms with Crippen LogP contribution < -0.4 is 0 Å². The van der Waals surface area contributed by atoms with E-state index in [0.29, 0.717) is 9.23 Å². The second-order valence-corrected chi connectivity index (χ2v) is 7.75. The molecule has 7 heteroatoms. The quantitative estimate of drug-likeness (QED) is 0.331. The van der Waals surface area contributed by atoms with E-state index in [0.717, 1.165) is 31.2 Å². The maximum atomic E-state index is 12.6. The van der Waals surface area contributed by atoms with Gasteiger partial charge >= 0.3 is 0 Å².